The van der Waals surface area contributed by atoms with Crippen molar-refractivity contribution in [3.63, 3.8) is 0 Å². The van der Waals surface area contributed by atoms with Crippen LogP contribution in [0.4, 0.5) is 0 Å². The molecule has 2 heterocycles. The topological polar surface area (TPSA) is 89.6 Å². The molecule has 0 bridgehead atoms. The molecule has 0 aromatic carbocycles. The van der Waals surface area contributed by atoms with Crippen LogP contribution in [0, 0.1) is 6.92 Å². The standard InChI is InChI=1S/C13H19N5OS/c1-4-10(14)6-9-5-8(2)11(15-7-9)20-13-17-16-12(19)18(13)3/h5,7,10H,4,6,14H2,1-3H3,(H,16,19). The molecule has 6 nitrogen and oxygen atoms in total. The Bertz CT molecular complexity index is 648. The normalized spacial score (nSPS) is 12.6. The number of hydrogen-bond acceptors (Lipinski definition) is 5. The second kappa shape index (κ2) is 6.23. The van der Waals surface area contributed by atoms with Gasteiger partial charge in [0.15, 0.2) is 5.16 Å². The molecule has 1 unspecified atom stereocenters. The van der Waals surface area contributed by atoms with Crippen molar-refractivity contribution in [3.05, 3.63) is 33.9 Å². The van der Waals surface area contributed by atoms with E-state index in [4.69, 9.17) is 5.73 Å². The van der Waals surface area contributed by atoms with E-state index in [1.165, 1.54) is 16.3 Å². The fourth-order valence-electron chi connectivity index (χ4n) is 1.80. The fourth-order valence-corrected chi connectivity index (χ4v) is 2.61. The fraction of sp³-hybridized carbons (Fsp3) is 0.462. The van der Waals surface area contributed by atoms with Crippen molar-refractivity contribution in [1.82, 2.24) is 19.7 Å². The molecule has 0 amide bonds. The van der Waals surface area contributed by atoms with Crippen LogP contribution in [0.15, 0.2) is 27.2 Å². The Hall–Kier alpha value is -1.60. The smallest absolute Gasteiger partial charge is 0.327 e. The van der Waals surface area contributed by atoms with Crippen molar-refractivity contribution in [3.8, 4) is 0 Å². The van der Waals surface area contributed by atoms with E-state index in [1.807, 2.05) is 13.1 Å². The molecule has 1 atom stereocenters. The third-order valence-corrected chi connectivity index (χ3v) is 4.30. The number of H-pyrrole nitrogens is 1. The Balaban J connectivity index is 2.18. The first-order valence-corrected chi connectivity index (χ1v) is 7.33. The third-order valence-electron chi connectivity index (χ3n) is 3.14. The molecular weight excluding hydrogens is 274 g/mol. The zero-order valence-electron chi connectivity index (χ0n) is 11.9. The molecule has 0 saturated carbocycles. The highest BCUT2D eigenvalue weighted by molar-refractivity contribution is 7.99. The highest BCUT2D eigenvalue weighted by Gasteiger charge is 2.11. The van der Waals surface area contributed by atoms with Crippen molar-refractivity contribution in [2.24, 2.45) is 12.8 Å². The molecule has 2 aromatic rings. The second-order valence-electron chi connectivity index (χ2n) is 4.81. The summed E-state index contributed by atoms with van der Waals surface area (Å²) in [5, 5.41) is 7.83. The molecule has 0 radical (unpaired) electrons. The van der Waals surface area contributed by atoms with Gasteiger partial charge in [-0.1, -0.05) is 13.0 Å². The van der Waals surface area contributed by atoms with Gasteiger partial charge in [0.1, 0.15) is 5.03 Å². The number of pyridine rings is 1. The molecule has 20 heavy (non-hydrogen) atoms. The predicted molar refractivity (Wildman–Crippen MR) is 78.9 cm³/mol. The molecule has 0 aliphatic rings. The van der Waals surface area contributed by atoms with Gasteiger partial charge in [-0.15, -0.1) is 5.10 Å². The first kappa shape index (κ1) is 14.8. The van der Waals surface area contributed by atoms with Crippen molar-refractivity contribution in [2.75, 3.05) is 0 Å². The molecule has 3 N–H and O–H groups in total. The molecule has 7 heteroatoms. The maximum Gasteiger partial charge on any atom is 0.343 e. The summed E-state index contributed by atoms with van der Waals surface area (Å²) < 4.78 is 1.46. The van der Waals surface area contributed by atoms with Gasteiger partial charge in [0.05, 0.1) is 0 Å². The molecular formula is C13H19N5OS. The predicted octanol–water partition coefficient (Wildman–Crippen LogP) is 1.24. The van der Waals surface area contributed by atoms with E-state index in [1.54, 1.807) is 7.05 Å². The molecule has 108 valence electrons. The van der Waals surface area contributed by atoms with Gasteiger partial charge in [-0.25, -0.2) is 14.9 Å². The average molecular weight is 293 g/mol. The van der Waals surface area contributed by atoms with E-state index in [0.29, 0.717) is 5.16 Å². The van der Waals surface area contributed by atoms with Crippen LogP contribution < -0.4 is 11.4 Å². The zero-order valence-corrected chi connectivity index (χ0v) is 12.7. The van der Waals surface area contributed by atoms with Crippen LogP contribution in [0.5, 0.6) is 0 Å². The van der Waals surface area contributed by atoms with Crippen molar-refractivity contribution in [2.45, 2.75) is 42.9 Å². The molecule has 0 spiro atoms. The Labute approximate surface area is 121 Å². The number of aromatic nitrogens is 4. The molecule has 0 saturated heterocycles. The number of nitrogens with one attached hydrogen (secondary N) is 1. The van der Waals surface area contributed by atoms with E-state index in [0.717, 1.165) is 29.0 Å². The minimum atomic E-state index is -0.226. The van der Waals surface area contributed by atoms with Gasteiger partial charge >= 0.3 is 5.69 Å². The number of aromatic amines is 1. The van der Waals surface area contributed by atoms with Crippen molar-refractivity contribution < 1.29 is 0 Å². The van der Waals surface area contributed by atoms with Crippen molar-refractivity contribution in [1.29, 1.82) is 0 Å². The molecule has 2 rings (SSSR count). The average Bonchev–Trinajstić information content (AvgIpc) is 2.73. The van der Waals surface area contributed by atoms with Gasteiger partial charge < -0.3 is 5.73 Å². The van der Waals surface area contributed by atoms with E-state index in [9.17, 15) is 4.79 Å². The largest absolute Gasteiger partial charge is 0.343 e. The van der Waals surface area contributed by atoms with E-state index in [2.05, 4.69) is 28.2 Å². The summed E-state index contributed by atoms with van der Waals surface area (Å²) in [6, 6.07) is 2.26. The van der Waals surface area contributed by atoms with E-state index in [-0.39, 0.29) is 11.7 Å². The van der Waals surface area contributed by atoms with Crippen LogP contribution >= 0.6 is 11.8 Å². The van der Waals surface area contributed by atoms with E-state index < -0.39 is 0 Å². The number of nitrogens with two attached hydrogens (primary N) is 1. The van der Waals surface area contributed by atoms with E-state index >= 15 is 0 Å². The summed E-state index contributed by atoms with van der Waals surface area (Å²) in [6.45, 7) is 4.08. The van der Waals surface area contributed by atoms with Crippen LogP contribution in [0.3, 0.4) is 0 Å². The molecule has 0 aliphatic heterocycles. The summed E-state index contributed by atoms with van der Waals surface area (Å²) in [4.78, 5) is 15.8. The SMILES string of the molecule is CCC(N)Cc1cnc(Sc2n[nH]c(=O)n2C)c(C)c1. The lowest BCUT2D eigenvalue weighted by Crippen LogP contribution is -2.21. The third kappa shape index (κ3) is 3.29. The number of hydrogen-bond donors (Lipinski definition) is 2. The minimum Gasteiger partial charge on any atom is -0.327 e. The summed E-state index contributed by atoms with van der Waals surface area (Å²) in [6.07, 6.45) is 3.62. The van der Waals surface area contributed by atoms with Crippen molar-refractivity contribution >= 4 is 11.8 Å². The van der Waals surface area contributed by atoms with Gasteiger partial charge in [0.2, 0.25) is 0 Å². The number of aryl methyl sites for hydroxylation is 1. The van der Waals surface area contributed by atoms with Crippen LogP contribution in [0.1, 0.15) is 24.5 Å². The van der Waals surface area contributed by atoms with Crippen LogP contribution in [-0.2, 0) is 13.5 Å². The molecule has 2 aromatic heterocycles. The van der Waals surface area contributed by atoms with Crippen LogP contribution in [0.25, 0.3) is 0 Å². The Morgan fingerprint density at radius 2 is 2.30 bits per heavy atom. The van der Waals surface area contributed by atoms with Crippen LogP contribution in [0.2, 0.25) is 0 Å². The highest BCUT2D eigenvalue weighted by atomic mass is 32.2. The quantitative estimate of drug-likeness (QED) is 0.865. The lowest BCUT2D eigenvalue weighted by atomic mass is 10.1. The lowest BCUT2D eigenvalue weighted by Gasteiger charge is -2.10. The first-order valence-electron chi connectivity index (χ1n) is 6.51. The van der Waals surface area contributed by atoms with Gasteiger partial charge in [-0.05, 0) is 42.7 Å². The maximum absolute atomic E-state index is 11.3. The Kier molecular flexibility index (Phi) is 4.61. The van der Waals surface area contributed by atoms with Gasteiger partial charge in [0, 0.05) is 19.3 Å². The second-order valence-corrected chi connectivity index (χ2v) is 5.77. The first-order chi connectivity index (χ1) is 9.51. The van der Waals surface area contributed by atoms with Gasteiger partial charge in [-0.2, -0.15) is 0 Å². The highest BCUT2D eigenvalue weighted by Crippen LogP contribution is 2.26. The Morgan fingerprint density at radius 1 is 1.55 bits per heavy atom. The lowest BCUT2D eigenvalue weighted by molar-refractivity contribution is 0.644. The summed E-state index contributed by atoms with van der Waals surface area (Å²) >= 11 is 1.37. The number of nitrogens with zero attached hydrogens (tertiary/aromatic N) is 3. The number of rotatable bonds is 5. The summed E-state index contributed by atoms with van der Waals surface area (Å²) in [7, 11) is 1.68. The zero-order chi connectivity index (χ0) is 14.7. The molecule has 0 aliphatic carbocycles. The summed E-state index contributed by atoms with van der Waals surface area (Å²) in [5.41, 5.74) is 7.93. The minimum absolute atomic E-state index is 0.168. The maximum atomic E-state index is 11.3. The van der Waals surface area contributed by atoms with Gasteiger partial charge in [-0.3, -0.25) is 4.57 Å². The molecule has 0 fully saturated rings. The summed E-state index contributed by atoms with van der Waals surface area (Å²) in [5.74, 6) is 0. The monoisotopic (exact) mass is 293 g/mol. The van der Waals surface area contributed by atoms with Crippen LogP contribution in [-0.4, -0.2) is 25.8 Å². The Morgan fingerprint density at radius 3 is 2.85 bits per heavy atom. The van der Waals surface area contributed by atoms with Gasteiger partial charge in [0.25, 0.3) is 0 Å².